The number of carbonyl (C=O) groups is 1. The Morgan fingerprint density at radius 2 is 2.19 bits per heavy atom. The smallest absolute Gasteiger partial charge is 0.339 e. The monoisotopic (exact) mass is 244 g/mol. The van der Waals surface area contributed by atoms with Crippen LogP contribution in [-0.4, -0.2) is 22.8 Å². The number of rotatable bonds is 3. The van der Waals surface area contributed by atoms with Crippen molar-refractivity contribution in [3.63, 3.8) is 0 Å². The minimum atomic E-state index is -1.52. The number of hydrogen-bond acceptors (Lipinski definition) is 4. The lowest BCUT2D eigenvalue weighted by Gasteiger charge is -2.14. The minimum absolute atomic E-state index is 0.0870. The maximum atomic E-state index is 11.3. The van der Waals surface area contributed by atoms with Gasteiger partial charge in [-0.15, -0.1) is 0 Å². The van der Waals surface area contributed by atoms with Crippen LogP contribution in [0.2, 0.25) is 5.02 Å². The van der Waals surface area contributed by atoms with Gasteiger partial charge in [0, 0.05) is 5.56 Å². The molecule has 0 fully saturated rings. The average Bonchev–Trinajstić information content (AvgIpc) is 2.24. The van der Waals surface area contributed by atoms with E-state index in [0.29, 0.717) is 5.56 Å². The van der Waals surface area contributed by atoms with Crippen molar-refractivity contribution in [3.05, 3.63) is 28.3 Å². The number of carbonyl (C=O) groups excluding carboxylic acids is 1. The SMILES string of the molecule is CCOC(=O)C(O)c1c(C)ccc(Cl)c1O. The van der Waals surface area contributed by atoms with E-state index in [1.165, 1.54) is 6.07 Å². The Morgan fingerprint density at radius 1 is 1.56 bits per heavy atom. The Labute approximate surface area is 98.4 Å². The molecule has 0 radical (unpaired) electrons. The summed E-state index contributed by atoms with van der Waals surface area (Å²) >= 11 is 5.70. The Morgan fingerprint density at radius 3 is 2.75 bits per heavy atom. The molecule has 5 heteroatoms. The second-order valence-corrected chi connectivity index (χ2v) is 3.69. The van der Waals surface area contributed by atoms with Gasteiger partial charge in [-0.3, -0.25) is 0 Å². The highest BCUT2D eigenvalue weighted by atomic mass is 35.5. The average molecular weight is 245 g/mol. The number of esters is 1. The van der Waals surface area contributed by atoms with Crippen molar-refractivity contribution in [2.75, 3.05) is 6.61 Å². The molecule has 1 unspecified atom stereocenters. The van der Waals surface area contributed by atoms with Gasteiger partial charge in [0.1, 0.15) is 5.75 Å². The number of aromatic hydroxyl groups is 1. The van der Waals surface area contributed by atoms with Crippen molar-refractivity contribution in [2.24, 2.45) is 0 Å². The second-order valence-electron chi connectivity index (χ2n) is 3.28. The van der Waals surface area contributed by atoms with Crippen LogP contribution in [0.15, 0.2) is 12.1 Å². The molecule has 0 amide bonds. The molecule has 1 aromatic carbocycles. The summed E-state index contributed by atoms with van der Waals surface area (Å²) in [6.45, 7) is 3.46. The van der Waals surface area contributed by atoms with Gasteiger partial charge in [-0.05, 0) is 25.5 Å². The minimum Gasteiger partial charge on any atom is -0.506 e. The molecule has 0 aromatic heterocycles. The summed E-state index contributed by atoms with van der Waals surface area (Å²) in [7, 11) is 0. The Balaban J connectivity index is 3.12. The maximum absolute atomic E-state index is 11.3. The Bertz CT molecular complexity index is 403. The molecule has 0 heterocycles. The van der Waals surface area contributed by atoms with Crippen molar-refractivity contribution in [2.45, 2.75) is 20.0 Å². The van der Waals surface area contributed by atoms with Crippen LogP contribution < -0.4 is 0 Å². The van der Waals surface area contributed by atoms with E-state index in [1.54, 1.807) is 19.9 Å². The summed E-state index contributed by atoms with van der Waals surface area (Å²) in [5.41, 5.74) is 0.661. The van der Waals surface area contributed by atoms with Crippen LogP contribution in [0, 0.1) is 6.92 Å². The molecule has 0 aliphatic heterocycles. The van der Waals surface area contributed by atoms with Crippen LogP contribution in [0.3, 0.4) is 0 Å². The van der Waals surface area contributed by atoms with Gasteiger partial charge in [0.25, 0.3) is 0 Å². The number of aryl methyl sites for hydroxylation is 1. The molecular formula is C11H13ClO4. The van der Waals surface area contributed by atoms with Crippen LogP contribution in [0.1, 0.15) is 24.2 Å². The van der Waals surface area contributed by atoms with E-state index in [9.17, 15) is 15.0 Å². The summed E-state index contributed by atoms with van der Waals surface area (Å²) in [5, 5.41) is 19.5. The third-order valence-electron chi connectivity index (χ3n) is 2.17. The summed E-state index contributed by atoms with van der Waals surface area (Å²) in [6.07, 6.45) is -1.52. The van der Waals surface area contributed by atoms with E-state index in [1.807, 2.05) is 0 Å². The van der Waals surface area contributed by atoms with Gasteiger partial charge < -0.3 is 14.9 Å². The highest BCUT2D eigenvalue weighted by Crippen LogP contribution is 2.34. The van der Waals surface area contributed by atoms with Crippen LogP contribution in [0.5, 0.6) is 5.75 Å². The first-order valence-corrected chi connectivity index (χ1v) is 5.19. The zero-order valence-electron chi connectivity index (χ0n) is 9.03. The highest BCUT2D eigenvalue weighted by Gasteiger charge is 2.24. The molecular weight excluding hydrogens is 232 g/mol. The standard InChI is InChI=1S/C11H13ClO4/c1-3-16-11(15)10(14)8-6(2)4-5-7(12)9(8)13/h4-5,10,13-14H,3H2,1-2H3. The largest absolute Gasteiger partial charge is 0.506 e. The molecule has 0 aliphatic carbocycles. The molecule has 1 atom stereocenters. The molecule has 0 saturated carbocycles. The summed E-state index contributed by atoms with van der Waals surface area (Å²) in [6, 6.07) is 3.10. The number of halogens is 1. The summed E-state index contributed by atoms with van der Waals surface area (Å²) in [5.74, 6) is -1.09. The van der Waals surface area contributed by atoms with Crippen LogP contribution >= 0.6 is 11.6 Å². The fourth-order valence-electron chi connectivity index (χ4n) is 1.37. The van der Waals surface area contributed by atoms with Crippen molar-refractivity contribution in [1.29, 1.82) is 0 Å². The molecule has 4 nitrogen and oxygen atoms in total. The van der Waals surface area contributed by atoms with Gasteiger partial charge in [-0.1, -0.05) is 17.7 Å². The van der Waals surface area contributed by atoms with Gasteiger partial charge in [0.15, 0.2) is 6.10 Å². The van der Waals surface area contributed by atoms with E-state index in [0.717, 1.165) is 0 Å². The van der Waals surface area contributed by atoms with Gasteiger partial charge in [-0.25, -0.2) is 4.79 Å². The quantitative estimate of drug-likeness (QED) is 0.798. The van der Waals surface area contributed by atoms with Gasteiger partial charge in [0.2, 0.25) is 0 Å². The molecule has 88 valence electrons. The lowest BCUT2D eigenvalue weighted by molar-refractivity contribution is -0.153. The normalized spacial score (nSPS) is 12.2. The van der Waals surface area contributed by atoms with Gasteiger partial charge >= 0.3 is 5.97 Å². The second kappa shape index (κ2) is 5.18. The van der Waals surface area contributed by atoms with E-state index >= 15 is 0 Å². The number of benzene rings is 1. The van der Waals surface area contributed by atoms with Gasteiger partial charge in [-0.2, -0.15) is 0 Å². The first-order valence-electron chi connectivity index (χ1n) is 4.81. The molecule has 2 N–H and O–H groups in total. The third kappa shape index (κ3) is 2.46. The molecule has 16 heavy (non-hydrogen) atoms. The highest BCUT2D eigenvalue weighted by molar-refractivity contribution is 6.32. The predicted molar refractivity (Wildman–Crippen MR) is 59.4 cm³/mol. The van der Waals surface area contributed by atoms with E-state index in [-0.39, 0.29) is 22.9 Å². The van der Waals surface area contributed by atoms with Crippen molar-refractivity contribution >= 4 is 17.6 Å². The third-order valence-corrected chi connectivity index (χ3v) is 2.47. The topological polar surface area (TPSA) is 66.8 Å². The molecule has 0 spiro atoms. The molecule has 0 saturated heterocycles. The lowest BCUT2D eigenvalue weighted by Crippen LogP contribution is -2.16. The lowest BCUT2D eigenvalue weighted by atomic mass is 10.0. The number of aliphatic hydroxyl groups is 1. The predicted octanol–water partition coefficient (Wildman–Crippen LogP) is 1.95. The van der Waals surface area contributed by atoms with Crippen LogP contribution in [0.25, 0.3) is 0 Å². The summed E-state index contributed by atoms with van der Waals surface area (Å²) in [4.78, 5) is 11.3. The molecule has 1 aromatic rings. The van der Waals surface area contributed by atoms with Crippen molar-refractivity contribution in [3.8, 4) is 5.75 Å². The molecule has 0 bridgehead atoms. The number of ether oxygens (including phenoxy) is 1. The van der Waals surface area contributed by atoms with Crippen molar-refractivity contribution in [1.82, 2.24) is 0 Å². The van der Waals surface area contributed by atoms with Crippen LogP contribution in [0.4, 0.5) is 0 Å². The number of hydrogen-bond donors (Lipinski definition) is 2. The number of phenols is 1. The van der Waals surface area contributed by atoms with Crippen molar-refractivity contribution < 1.29 is 19.7 Å². The number of phenolic OH excluding ortho intramolecular Hbond substituents is 1. The maximum Gasteiger partial charge on any atom is 0.339 e. The van der Waals surface area contributed by atoms with E-state index in [4.69, 9.17) is 11.6 Å². The van der Waals surface area contributed by atoms with Crippen LogP contribution in [-0.2, 0) is 9.53 Å². The fraction of sp³-hybridized carbons (Fsp3) is 0.364. The van der Waals surface area contributed by atoms with E-state index in [2.05, 4.69) is 4.74 Å². The number of aliphatic hydroxyl groups excluding tert-OH is 1. The molecule has 0 aliphatic rings. The first-order chi connectivity index (χ1) is 7.49. The Hall–Kier alpha value is -1.26. The van der Waals surface area contributed by atoms with Gasteiger partial charge in [0.05, 0.1) is 11.6 Å². The fourth-order valence-corrected chi connectivity index (χ4v) is 1.53. The zero-order valence-corrected chi connectivity index (χ0v) is 9.78. The summed E-state index contributed by atoms with van der Waals surface area (Å²) < 4.78 is 4.66. The first kappa shape index (κ1) is 12.8. The molecule has 1 rings (SSSR count). The Kier molecular flexibility index (Phi) is 4.15. The zero-order chi connectivity index (χ0) is 12.3. The van der Waals surface area contributed by atoms with E-state index < -0.39 is 12.1 Å².